The minimum absolute atomic E-state index is 0.277. The van der Waals surface area contributed by atoms with Gasteiger partial charge < -0.3 is 14.8 Å². The Hall–Kier alpha value is -3.93. The highest BCUT2D eigenvalue weighted by Gasteiger charge is 2.33. The van der Waals surface area contributed by atoms with Crippen molar-refractivity contribution in [1.29, 1.82) is 0 Å². The van der Waals surface area contributed by atoms with E-state index in [9.17, 15) is 13.6 Å². The fraction of sp³-hybridized carbons (Fsp3) is 0.148. The fourth-order valence-electron chi connectivity index (χ4n) is 4.44. The molecule has 1 aliphatic rings. The highest BCUT2D eigenvalue weighted by molar-refractivity contribution is 5.90. The van der Waals surface area contributed by atoms with E-state index in [0.717, 1.165) is 29.4 Å². The van der Waals surface area contributed by atoms with Crippen LogP contribution in [0.25, 0.3) is 5.69 Å². The average molecular weight is 443 g/mol. The summed E-state index contributed by atoms with van der Waals surface area (Å²) < 4.78 is 30.4. The first-order chi connectivity index (χ1) is 16.0. The first-order valence-corrected chi connectivity index (χ1v) is 10.9. The Bertz CT molecular complexity index is 1290. The molecule has 33 heavy (non-hydrogen) atoms. The molecule has 0 saturated heterocycles. The van der Waals surface area contributed by atoms with Gasteiger partial charge in [-0.1, -0.05) is 37.3 Å². The monoisotopic (exact) mass is 443 g/mol. The van der Waals surface area contributed by atoms with Crippen LogP contribution in [0.2, 0.25) is 0 Å². The van der Waals surface area contributed by atoms with Crippen molar-refractivity contribution >= 4 is 11.7 Å². The summed E-state index contributed by atoms with van der Waals surface area (Å²) in [6.07, 6.45) is 2.81. The van der Waals surface area contributed by atoms with Crippen molar-refractivity contribution in [2.45, 2.75) is 25.9 Å². The topological polar surface area (TPSA) is 37.3 Å². The number of aromatic nitrogens is 1. The van der Waals surface area contributed by atoms with Crippen LogP contribution in [-0.2, 0) is 13.0 Å². The van der Waals surface area contributed by atoms with Crippen LogP contribution < -0.4 is 5.32 Å². The van der Waals surface area contributed by atoms with E-state index in [0.29, 0.717) is 11.3 Å². The van der Waals surface area contributed by atoms with Gasteiger partial charge in [-0.3, -0.25) is 0 Å². The summed E-state index contributed by atoms with van der Waals surface area (Å²) in [6.45, 7) is 2.35. The van der Waals surface area contributed by atoms with Gasteiger partial charge in [-0.25, -0.2) is 13.6 Å². The molecule has 4 aromatic rings. The third kappa shape index (κ3) is 4.00. The van der Waals surface area contributed by atoms with Gasteiger partial charge in [-0.2, -0.15) is 0 Å². The highest BCUT2D eigenvalue weighted by atomic mass is 19.1. The zero-order chi connectivity index (χ0) is 22.9. The fourth-order valence-corrected chi connectivity index (χ4v) is 4.44. The predicted octanol–water partition coefficient (Wildman–Crippen LogP) is 6.46. The summed E-state index contributed by atoms with van der Waals surface area (Å²) in [4.78, 5) is 15.2. The third-order valence-electron chi connectivity index (χ3n) is 6.04. The Morgan fingerprint density at radius 2 is 1.70 bits per heavy atom. The molecule has 0 bridgehead atoms. The minimum atomic E-state index is -0.687. The zero-order valence-corrected chi connectivity index (χ0v) is 18.1. The van der Waals surface area contributed by atoms with Gasteiger partial charge in [0.15, 0.2) is 0 Å². The molecule has 0 unspecified atom stereocenters. The number of fused-ring (bicyclic) bond motifs is 3. The summed E-state index contributed by atoms with van der Waals surface area (Å²) in [5, 5.41) is 2.96. The molecule has 6 heteroatoms. The number of amides is 2. The van der Waals surface area contributed by atoms with Gasteiger partial charge in [0.05, 0.1) is 18.3 Å². The number of benzene rings is 3. The number of para-hydroxylation sites is 1. The quantitative estimate of drug-likeness (QED) is 0.388. The van der Waals surface area contributed by atoms with Gasteiger partial charge in [-0.15, -0.1) is 0 Å². The molecule has 2 heterocycles. The molecule has 1 atom stereocenters. The Balaban J connectivity index is 1.62. The molecule has 0 aliphatic carbocycles. The van der Waals surface area contributed by atoms with Gasteiger partial charge in [0.25, 0.3) is 0 Å². The zero-order valence-electron chi connectivity index (χ0n) is 18.1. The van der Waals surface area contributed by atoms with E-state index >= 15 is 0 Å². The largest absolute Gasteiger partial charge is 0.322 e. The van der Waals surface area contributed by atoms with Crippen molar-refractivity contribution in [3.05, 3.63) is 119 Å². The maximum atomic E-state index is 14.2. The number of rotatable bonds is 3. The van der Waals surface area contributed by atoms with Gasteiger partial charge in [-0.05, 0) is 65.6 Å². The number of carbonyl (C=O) groups is 1. The lowest BCUT2D eigenvalue weighted by atomic mass is 10.0. The number of halogens is 2. The average Bonchev–Trinajstić information content (AvgIpc) is 3.23. The van der Waals surface area contributed by atoms with Crippen LogP contribution in [-0.4, -0.2) is 15.5 Å². The molecule has 0 radical (unpaired) electrons. The predicted molar refractivity (Wildman–Crippen MR) is 124 cm³/mol. The number of urea groups is 1. The van der Waals surface area contributed by atoms with Crippen molar-refractivity contribution in [2.24, 2.45) is 0 Å². The molecule has 0 fully saturated rings. The number of carbonyl (C=O) groups excluding carboxylic acids is 1. The molecule has 3 aromatic carbocycles. The van der Waals surface area contributed by atoms with Gasteiger partial charge >= 0.3 is 6.03 Å². The normalized spacial score (nSPS) is 14.9. The van der Waals surface area contributed by atoms with E-state index in [1.165, 1.54) is 17.7 Å². The van der Waals surface area contributed by atoms with Gasteiger partial charge in [0.1, 0.15) is 11.6 Å². The second-order valence-corrected chi connectivity index (χ2v) is 8.15. The van der Waals surface area contributed by atoms with Gasteiger partial charge in [0, 0.05) is 23.6 Å². The molecule has 2 amide bonds. The summed E-state index contributed by atoms with van der Waals surface area (Å²) >= 11 is 0. The second kappa shape index (κ2) is 8.54. The van der Waals surface area contributed by atoms with E-state index in [2.05, 4.69) is 12.2 Å². The van der Waals surface area contributed by atoms with E-state index in [1.807, 2.05) is 71.4 Å². The standard InChI is InChI=1S/C27H23F2N3O/c1-2-18-9-11-23(12-10-18)30-27(33)32-17-19-6-3-4-7-24(19)31-13-5-8-25(31)26(32)20-14-21(28)16-22(29)15-20/h3-16,26H,2,17H2,1H3,(H,30,33)/t26-/m1/s1. The summed E-state index contributed by atoms with van der Waals surface area (Å²) in [6, 6.07) is 21.6. The van der Waals surface area contributed by atoms with Crippen LogP contribution in [0.3, 0.4) is 0 Å². The first kappa shape index (κ1) is 20.9. The number of nitrogens with zero attached hydrogens (tertiary/aromatic N) is 2. The molecule has 1 aliphatic heterocycles. The van der Waals surface area contributed by atoms with E-state index < -0.39 is 17.7 Å². The van der Waals surface area contributed by atoms with E-state index in [4.69, 9.17) is 0 Å². The van der Waals surface area contributed by atoms with Crippen LogP contribution in [0.15, 0.2) is 85.1 Å². The van der Waals surface area contributed by atoms with Gasteiger partial charge in [0.2, 0.25) is 0 Å². The van der Waals surface area contributed by atoms with E-state index in [1.54, 1.807) is 4.90 Å². The maximum Gasteiger partial charge on any atom is 0.322 e. The smallest absolute Gasteiger partial charge is 0.318 e. The van der Waals surface area contributed by atoms with E-state index in [-0.39, 0.29) is 12.6 Å². The Morgan fingerprint density at radius 3 is 2.42 bits per heavy atom. The number of aryl methyl sites for hydroxylation is 1. The molecule has 1 aromatic heterocycles. The number of anilines is 1. The van der Waals surface area contributed by atoms with Crippen LogP contribution >= 0.6 is 0 Å². The van der Waals surface area contributed by atoms with Crippen LogP contribution in [0, 0.1) is 11.6 Å². The second-order valence-electron chi connectivity index (χ2n) is 8.15. The highest BCUT2D eigenvalue weighted by Crippen LogP contribution is 2.37. The van der Waals surface area contributed by atoms with Crippen LogP contribution in [0.4, 0.5) is 19.3 Å². The summed E-state index contributed by atoms with van der Waals surface area (Å²) in [5.41, 5.74) is 4.82. The lowest BCUT2D eigenvalue weighted by Crippen LogP contribution is -2.38. The maximum absolute atomic E-state index is 14.2. The van der Waals surface area contributed by atoms with Crippen molar-refractivity contribution < 1.29 is 13.6 Å². The van der Waals surface area contributed by atoms with Crippen molar-refractivity contribution in [3.8, 4) is 5.69 Å². The molecule has 166 valence electrons. The first-order valence-electron chi connectivity index (χ1n) is 10.9. The molecule has 0 spiro atoms. The summed E-state index contributed by atoms with van der Waals surface area (Å²) in [5.74, 6) is -1.36. The molecule has 0 saturated carbocycles. The minimum Gasteiger partial charge on any atom is -0.318 e. The lowest BCUT2D eigenvalue weighted by Gasteiger charge is -2.31. The number of hydrogen-bond donors (Lipinski definition) is 1. The number of nitrogens with one attached hydrogen (secondary N) is 1. The van der Waals surface area contributed by atoms with Crippen molar-refractivity contribution in [2.75, 3.05) is 5.32 Å². The van der Waals surface area contributed by atoms with Crippen molar-refractivity contribution in [1.82, 2.24) is 9.47 Å². The lowest BCUT2D eigenvalue weighted by molar-refractivity contribution is 0.194. The Kier molecular flexibility index (Phi) is 5.42. The molecule has 4 nitrogen and oxygen atoms in total. The molecule has 1 N–H and O–H groups in total. The summed E-state index contributed by atoms with van der Waals surface area (Å²) in [7, 11) is 0. The SMILES string of the molecule is CCc1ccc(NC(=O)N2Cc3ccccc3-n3cccc3[C@H]2c2cc(F)cc(F)c2)cc1. The molecular weight excluding hydrogens is 420 g/mol. The Labute approximate surface area is 191 Å². The Morgan fingerprint density at radius 1 is 0.970 bits per heavy atom. The van der Waals surface area contributed by atoms with Crippen LogP contribution in [0.5, 0.6) is 0 Å². The molecule has 5 rings (SSSR count). The van der Waals surface area contributed by atoms with Crippen molar-refractivity contribution in [3.63, 3.8) is 0 Å². The number of hydrogen-bond acceptors (Lipinski definition) is 1. The third-order valence-corrected chi connectivity index (χ3v) is 6.04. The molecular formula is C27H23F2N3O. The van der Waals surface area contributed by atoms with Crippen LogP contribution in [0.1, 0.15) is 35.3 Å².